The van der Waals surface area contributed by atoms with E-state index in [1.165, 1.54) is 24.0 Å². The Morgan fingerprint density at radius 3 is 2.76 bits per heavy atom. The molecule has 2 aromatic carbocycles. The zero-order chi connectivity index (χ0) is 17.7. The molecule has 0 bridgehead atoms. The van der Waals surface area contributed by atoms with Gasteiger partial charge in [0.25, 0.3) is 5.91 Å². The molecule has 4 nitrogen and oxygen atoms in total. The molecule has 1 amide bonds. The molecule has 1 heterocycles. The highest BCUT2D eigenvalue weighted by molar-refractivity contribution is 5.75. The first-order valence-corrected chi connectivity index (χ1v) is 8.83. The van der Waals surface area contributed by atoms with Crippen molar-refractivity contribution >= 4 is 5.91 Å². The Kier molecular flexibility index (Phi) is 5.39. The summed E-state index contributed by atoms with van der Waals surface area (Å²) in [6.07, 6.45) is 2.42. The molecule has 0 unspecified atom stereocenters. The van der Waals surface area contributed by atoms with Crippen LogP contribution in [0.1, 0.15) is 30.9 Å². The first-order chi connectivity index (χ1) is 12.0. The average molecular weight is 338 g/mol. The van der Waals surface area contributed by atoms with E-state index in [2.05, 4.69) is 48.2 Å². The Morgan fingerprint density at radius 1 is 1.20 bits per heavy atom. The summed E-state index contributed by atoms with van der Waals surface area (Å²) in [5, 5.41) is 0. The number of piperidine rings is 1. The molecule has 2 N–H and O–H groups in total. The van der Waals surface area contributed by atoms with E-state index in [1.807, 2.05) is 18.2 Å². The minimum atomic E-state index is -0.458. The molecule has 0 spiro atoms. The molecule has 0 radical (unpaired) electrons. The zero-order valence-corrected chi connectivity index (χ0v) is 14.8. The molecular formula is C21H26N2O2. The number of nitrogens with zero attached hydrogens (tertiary/aromatic N) is 1. The number of ether oxygens (including phenoxy) is 1. The van der Waals surface area contributed by atoms with Crippen LogP contribution in [0.5, 0.6) is 5.75 Å². The Labute approximate surface area is 149 Å². The monoisotopic (exact) mass is 338 g/mol. The lowest BCUT2D eigenvalue weighted by atomic mass is 9.76. The first-order valence-electron chi connectivity index (χ1n) is 8.83. The Balaban J connectivity index is 1.67. The third-order valence-corrected chi connectivity index (χ3v) is 4.93. The molecule has 0 aromatic heterocycles. The van der Waals surface area contributed by atoms with Crippen LogP contribution in [-0.4, -0.2) is 30.5 Å². The van der Waals surface area contributed by atoms with Gasteiger partial charge in [-0.1, -0.05) is 49.4 Å². The maximum absolute atomic E-state index is 10.9. The Bertz CT molecular complexity index is 717. The van der Waals surface area contributed by atoms with Crippen molar-refractivity contribution in [1.29, 1.82) is 0 Å². The van der Waals surface area contributed by atoms with E-state index >= 15 is 0 Å². The number of hydrogen-bond acceptors (Lipinski definition) is 3. The van der Waals surface area contributed by atoms with Crippen molar-refractivity contribution in [2.45, 2.75) is 31.7 Å². The topological polar surface area (TPSA) is 55.6 Å². The van der Waals surface area contributed by atoms with Crippen LogP contribution in [0.2, 0.25) is 0 Å². The summed E-state index contributed by atoms with van der Waals surface area (Å²) in [6, 6.07) is 18.7. The Hall–Kier alpha value is -2.33. The summed E-state index contributed by atoms with van der Waals surface area (Å²) in [4.78, 5) is 13.4. The van der Waals surface area contributed by atoms with E-state index in [1.54, 1.807) is 0 Å². The van der Waals surface area contributed by atoms with Crippen LogP contribution < -0.4 is 10.5 Å². The second kappa shape index (κ2) is 7.70. The number of nitrogens with two attached hydrogens (primary N) is 1. The average Bonchev–Trinajstić information content (AvgIpc) is 2.61. The van der Waals surface area contributed by atoms with Crippen molar-refractivity contribution in [3.63, 3.8) is 0 Å². The van der Waals surface area contributed by atoms with E-state index < -0.39 is 5.91 Å². The van der Waals surface area contributed by atoms with Crippen molar-refractivity contribution in [3.8, 4) is 5.75 Å². The van der Waals surface area contributed by atoms with Gasteiger partial charge in [0, 0.05) is 18.5 Å². The normalized spacial score (nSPS) is 21.0. The highest BCUT2D eigenvalue weighted by atomic mass is 16.5. The van der Waals surface area contributed by atoms with Gasteiger partial charge in [-0.3, -0.25) is 9.69 Å². The smallest absolute Gasteiger partial charge is 0.255 e. The molecule has 4 heteroatoms. The highest BCUT2D eigenvalue weighted by Gasteiger charge is 2.32. The standard InChI is InChI=1S/C21H26N2O2/c1-21(18-8-3-2-4-9-18)11-6-12-23(16-21)14-17-7-5-10-19(13-17)25-15-20(22)24/h2-5,7-10,13H,6,11-12,14-16H2,1H3,(H2,22,24)/t21-/m1/s1. The molecule has 0 saturated carbocycles. The summed E-state index contributed by atoms with van der Waals surface area (Å²) in [7, 11) is 0. The fraction of sp³-hybridized carbons (Fsp3) is 0.381. The molecule has 1 saturated heterocycles. The third-order valence-electron chi connectivity index (χ3n) is 4.93. The van der Waals surface area contributed by atoms with E-state index in [-0.39, 0.29) is 12.0 Å². The lowest BCUT2D eigenvalue weighted by Crippen LogP contribution is -2.43. The lowest BCUT2D eigenvalue weighted by Gasteiger charge is -2.41. The van der Waals surface area contributed by atoms with Crippen LogP contribution >= 0.6 is 0 Å². The van der Waals surface area contributed by atoms with Crippen LogP contribution in [0.3, 0.4) is 0 Å². The third kappa shape index (κ3) is 4.60. The zero-order valence-electron chi connectivity index (χ0n) is 14.8. The number of carbonyl (C=O) groups is 1. The summed E-state index contributed by atoms with van der Waals surface area (Å²) in [6.45, 7) is 5.31. The number of likely N-dealkylation sites (tertiary alicyclic amines) is 1. The van der Waals surface area contributed by atoms with Crippen LogP contribution in [-0.2, 0) is 16.8 Å². The fourth-order valence-corrected chi connectivity index (χ4v) is 3.70. The minimum Gasteiger partial charge on any atom is -0.484 e. The molecule has 1 atom stereocenters. The number of primary amides is 1. The molecule has 1 aliphatic heterocycles. The predicted octanol–water partition coefficient (Wildman–Crippen LogP) is 3.10. The molecule has 1 aliphatic rings. The molecule has 25 heavy (non-hydrogen) atoms. The van der Waals surface area contributed by atoms with Gasteiger partial charge >= 0.3 is 0 Å². The van der Waals surface area contributed by atoms with Crippen molar-refractivity contribution in [3.05, 3.63) is 65.7 Å². The number of hydrogen-bond donors (Lipinski definition) is 1. The van der Waals surface area contributed by atoms with Gasteiger partial charge in [0.1, 0.15) is 5.75 Å². The maximum atomic E-state index is 10.9. The van der Waals surface area contributed by atoms with Gasteiger partial charge < -0.3 is 10.5 Å². The van der Waals surface area contributed by atoms with Crippen LogP contribution in [0.4, 0.5) is 0 Å². The van der Waals surface area contributed by atoms with Gasteiger partial charge in [-0.15, -0.1) is 0 Å². The predicted molar refractivity (Wildman–Crippen MR) is 99.4 cm³/mol. The van der Waals surface area contributed by atoms with Crippen molar-refractivity contribution in [2.75, 3.05) is 19.7 Å². The molecule has 0 aliphatic carbocycles. The van der Waals surface area contributed by atoms with Crippen LogP contribution in [0, 0.1) is 0 Å². The summed E-state index contributed by atoms with van der Waals surface area (Å²) in [5.41, 5.74) is 7.94. The molecule has 2 aromatic rings. The Morgan fingerprint density at radius 2 is 2.00 bits per heavy atom. The van der Waals surface area contributed by atoms with Crippen molar-refractivity contribution in [1.82, 2.24) is 4.90 Å². The number of amides is 1. The first kappa shape index (κ1) is 17.5. The van der Waals surface area contributed by atoms with E-state index in [4.69, 9.17) is 10.5 Å². The van der Waals surface area contributed by atoms with Crippen LogP contribution in [0.15, 0.2) is 54.6 Å². The van der Waals surface area contributed by atoms with Gasteiger partial charge in [0.05, 0.1) is 0 Å². The summed E-state index contributed by atoms with van der Waals surface area (Å²) < 4.78 is 5.41. The van der Waals surface area contributed by atoms with Crippen LogP contribution in [0.25, 0.3) is 0 Å². The maximum Gasteiger partial charge on any atom is 0.255 e. The second-order valence-corrected chi connectivity index (χ2v) is 7.14. The lowest BCUT2D eigenvalue weighted by molar-refractivity contribution is -0.119. The van der Waals surface area contributed by atoms with E-state index in [9.17, 15) is 4.79 Å². The largest absolute Gasteiger partial charge is 0.484 e. The molecule has 1 fully saturated rings. The van der Waals surface area contributed by atoms with E-state index in [0.29, 0.717) is 5.75 Å². The summed E-state index contributed by atoms with van der Waals surface area (Å²) >= 11 is 0. The quantitative estimate of drug-likeness (QED) is 0.880. The second-order valence-electron chi connectivity index (χ2n) is 7.14. The molecular weight excluding hydrogens is 312 g/mol. The molecule has 3 rings (SSSR count). The number of carbonyl (C=O) groups excluding carboxylic acids is 1. The van der Waals surface area contributed by atoms with Gasteiger partial charge in [-0.25, -0.2) is 0 Å². The van der Waals surface area contributed by atoms with Crippen molar-refractivity contribution in [2.24, 2.45) is 5.73 Å². The van der Waals surface area contributed by atoms with E-state index in [0.717, 1.165) is 19.6 Å². The fourth-order valence-electron chi connectivity index (χ4n) is 3.70. The van der Waals surface area contributed by atoms with Gasteiger partial charge in [-0.2, -0.15) is 0 Å². The SMILES string of the molecule is C[C@@]1(c2ccccc2)CCCN(Cc2cccc(OCC(N)=O)c2)C1. The van der Waals surface area contributed by atoms with Crippen molar-refractivity contribution < 1.29 is 9.53 Å². The highest BCUT2D eigenvalue weighted by Crippen LogP contribution is 2.34. The number of rotatable bonds is 6. The molecule has 132 valence electrons. The van der Waals surface area contributed by atoms with Gasteiger partial charge in [-0.05, 0) is 42.6 Å². The van der Waals surface area contributed by atoms with Gasteiger partial charge in [0.2, 0.25) is 0 Å². The van der Waals surface area contributed by atoms with Gasteiger partial charge in [0.15, 0.2) is 6.61 Å². The summed E-state index contributed by atoms with van der Waals surface area (Å²) in [5.74, 6) is 0.235. The number of benzene rings is 2. The minimum absolute atomic E-state index is 0.0841.